The van der Waals surface area contributed by atoms with Crippen molar-refractivity contribution in [3.63, 3.8) is 0 Å². The summed E-state index contributed by atoms with van der Waals surface area (Å²) >= 11 is 1.50. The van der Waals surface area contributed by atoms with E-state index in [1.165, 1.54) is 11.3 Å². The van der Waals surface area contributed by atoms with Gasteiger partial charge in [0.25, 0.3) is 0 Å². The second kappa shape index (κ2) is 3.78. The van der Waals surface area contributed by atoms with Crippen LogP contribution in [0.5, 0.6) is 0 Å². The zero-order valence-electron chi connectivity index (χ0n) is 9.27. The molecule has 4 nitrogen and oxygen atoms in total. The zero-order valence-corrected chi connectivity index (χ0v) is 10.1. The van der Waals surface area contributed by atoms with Crippen molar-refractivity contribution in [1.29, 1.82) is 0 Å². The summed E-state index contributed by atoms with van der Waals surface area (Å²) in [6.07, 6.45) is 1.78. The first-order valence-corrected chi connectivity index (χ1v) is 6.42. The van der Waals surface area contributed by atoms with Gasteiger partial charge in [0.15, 0.2) is 5.13 Å². The minimum atomic E-state index is -0.322. The fraction of sp³-hybridized carbons (Fsp3) is 0.333. The van der Waals surface area contributed by atoms with Crippen LogP contribution in [0.4, 0.5) is 5.13 Å². The zero-order chi connectivity index (χ0) is 11.9. The van der Waals surface area contributed by atoms with Gasteiger partial charge in [0.05, 0.1) is 15.6 Å². The second-order valence-electron chi connectivity index (χ2n) is 4.43. The van der Waals surface area contributed by atoms with Crippen LogP contribution in [-0.2, 0) is 4.79 Å². The lowest BCUT2D eigenvalue weighted by molar-refractivity contribution is -0.120. The van der Waals surface area contributed by atoms with E-state index in [0.29, 0.717) is 11.7 Å². The topological polar surface area (TPSA) is 68.0 Å². The van der Waals surface area contributed by atoms with Crippen molar-refractivity contribution in [2.75, 3.05) is 11.9 Å². The predicted molar refractivity (Wildman–Crippen MR) is 69.0 cm³/mol. The molecule has 0 aliphatic heterocycles. The van der Waals surface area contributed by atoms with Crippen molar-refractivity contribution in [3.05, 3.63) is 24.3 Å². The van der Waals surface area contributed by atoms with Crippen molar-refractivity contribution in [2.24, 2.45) is 11.1 Å². The van der Waals surface area contributed by atoms with Gasteiger partial charge in [-0.25, -0.2) is 4.98 Å². The molecule has 1 aliphatic rings. The number of nitrogens with one attached hydrogen (secondary N) is 1. The smallest absolute Gasteiger partial charge is 0.233 e. The highest BCUT2D eigenvalue weighted by Crippen LogP contribution is 2.45. The maximum absolute atomic E-state index is 12.0. The minimum Gasteiger partial charge on any atom is -0.329 e. The summed E-state index contributed by atoms with van der Waals surface area (Å²) < 4.78 is 1.08. The van der Waals surface area contributed by atoms with E-state index in [1.54, 1.807) is 0 Å². The molecule has 1 aromatic heterocycles. The number of aromatic nitrogens is 1. The molecule has 0 unspecified atom stereocenters. The molecule has 3 N–H and O–H groups in total. The van der Waals surface area contributed by atoms with Crippen LogP contribution in [0.2, 0.25) is 0 Å². The summed E-state index contributed by atoms with van der Waals surface area (Å²) in [5.41, 5.74) is 6.22. The van der Waals surface area contributed by atoms with E-state index < -0.39 is 0 Å². The van der Waals surface area contributed by atoms with Crippen molar-refractivity contribution in [3.8, 4) is 0 Å². The molecule has 0 saturated heterocycles. The third-order valence-electron chi connectivity index (χ3n) is 3.24. The number of hydrogen-bond donors (Lipinski definition) is 2. The summed E-state index contributed by atoms with van der Waals surface area (Å²) in [7, 11) is 0. The second-order valence-corrected chi connectivity index (χ2v) is 5.46. The van der Waals surface area contributed by atoms with Crippen LogP contribution in [0.1, 0.15) is 12.8 Å². The van der Waals surface area contributed by atoms with Crippen molar-refractivity contribution >= 4 is 32.6 Å². The Balaban J connectivity index is 1.83. The van der Waals surface area contributed by atoms with Gasteiger partial charge in [-0.15, -0.1) is 0 Å². The summed E-state index contributed by atoms with van der Waals surface area (Å²) in [5.74, 6) is 0.0130. The molecule has 1 saturated carbocycles. The Morgan fingerprint density at radius 3 is 2.88 bits per heavy atom. The molecular formula is C12H13N3OS. The van der Waals surface area contributed by atoms with Crippen LogP contribution in [0.25, 0.3) is 10.2 Å². The average Bonchev–Trinajstić information content (AvgIpc) is 3.04. The molecule has 2 aromatic rings. The number of nitrogens with zero attached hydrogens (tertiary/aromatic N) is 1. The molecule has 1 heterocycles. The van der Waals surface area contributed by atoms with Crippen LogP contribution in [-0.4, -0.2) is 17.4 Å². The van der Waals surface area contributed by atoms with Gasteiger partial charge in [-0.05, 0) is 25.0 Å². The van der Waals surface area contributed by atoms with Crippen molar-refractivity contribution < 1.29 is 4.79 Å². The van der Waals surface area contributed by atoms with E-state index in [2.05, 4.69) is 10.3 Å². The van der Waals surface area contributed by atoms with Gasteiger partial charge in [0, 0.05) is 6.54 Å². The molecule has 0 bridgehead atoms. The molecule has 0 atom stereocenters. The molecule has 17 heavy (non-hydrogen) atoms. The van der Waals surface area contributed by atoms with Gasteiger partial charge in [0.1, 0.15) is 0 Å². The quantitative estimate of drug-likeness (QED) is 0.871. The molecule has 1 aliphatic carbocycles. The maximum atomic E-state index is 12.0. The van der Waals surface area contributed by atoms with E-state index >= 15 is 0 Å². The first kappa shape index (κ1) is 10.7. The lowest BCUT2D eigenvalue weighted by atomic mass is 10.1. The summed E-state index contributed by atoms with van der Waals surface area (Å²) in [5, 5.41) is 3.54. The van der Waals surface area contributed by atoms with Gasteiger partial charge in [-0.2, -0.15) is 0 Å². The number of carbonyl (C=O) groups is 1. The van der Waals surface area contributed by atoms with E-state index in [-0.39, 0.29) is 11.3 Å². The van der Waals surface area contributed by atoms with Gasteiger partial charge in [0.2, 0.25) is 5.91 Å². The number of amides is 1. The van der Waals surface area contributed by atoms with Crippen LogP contribution in [0.15, 0.2) is 24.3 Å². The summed E-state index contributed by atoms with van der Waals surface area (Å²) in [6.45, 7) is 0.420. The van der Waals surface area contributed by atoms with Gasteiger partial charge >= 0.3 is 0 Å². The Hall–Kier alpha value is -1.46. The van der Waals surface area contributed by atoms with Crippen molar-refractivity contribution in [2.45, 2.75) is 12.8 Å². The third-order valence-corrected chi connectivity index (χ3v) is 4.19. The molecule has 1 amide bonds. The Morgan fingerprint density at radius 2 is 2.24 bits per heavy atom. The number of carbonyl (C=O) groups excluding carboxylic acids is 1. The van der Waals surface area contributed by atoms with Crippen LogP contribution in [0, 0.1) is 5.41 Å². The number of rotatable bonds is 3. The molecule has 3 rings (SSSR count). The van der Waals surface area contributed by atoms with Crippen molar-refractivity contribution in [1.82, 2.24) is 4.98 Å². The number of anilines is 1. The third kappa shape index (κ3) is 1.81. The number of benzene rings is 1. The molecule has 88 valence electrons. The lowest BCUT2D eigenvalue weighted by Gasteiger charge is -2.10. The number of fused-ring (bicyclic) bond motifs is 1. The van der Waals surface area contributed by atoms with E-state index in [0.717, 1.165) is 23.1 Å². The Bertz CT molecular complexity index is 541. The standard InChI is InChI=1S/C12H13N3OS/c13-7-12(5-6-12)10(16)15-11-14-8-3-1-2-4-9(8)17-11/h1-4H,5-7,13H2,(H,14,15,16). The summed E-state index contributed by atoms with van der Waals surface area (Å²) in [4.78, 5) is 16.4. The summed E-state index contributed by atoms with van der Waals surface area (Å²) in [6, 6.07) is 7.85. The largest absolute Gasteiger partial charge is 0.329 e. The Kier molecular flexibility index (Phi) is 2.38. The molecular weight excluding hydrogens is 234 g/mol. The minimum absolute atomic E-state index is 0.0130. The van der Waals surface area contributed by atoms with Crippen LogP contribution in [0.3, 0.4) is 0 Å². The highest BCUT2D eigenvalue weighted by atomic mass is 32.1. The molecule has 5 heteroatoms. The highest BCUT2D eigenvalue weighted by Gasteiger charge is 2.48. The van der Waals surface area contributed by atoms with E-state index in [4.69, 9.17) is 5.73 Å². The van der Waals surface area contributed by atoms with Gasteiger partial charge < -0.3 is 11.1 Å². The molecule has 1 fully saturated rings. The fourth-order valence-corrected chi connectivity index (χ4v) is 2.69. The first-order valence-electron chi connectivity index (χ1n) is 5.61. The normalized spacial score (nSPS) is 17.0. The first-order chi connectivity index (χ1) is 8.23. The van der Waals surface area contributed by atoms with E-state index in [9.17, 15) is 4.79 Å². The average molecular weight is 247 g/mol. The number of nitrogens with two attached hydrogens (primary N) is 1. The highest BCUT2D eigenvalue weighted by molar-refractivity contribution is 7.22. The SMILES string of the molecule is NCC1(C(=O)Nc2nc3ccccc3s2)CC1. The number of para-hydroxylation sites is 1. The van der Waals surface area contributed by atoms with Crippen LogP contribution >= 0.6 is 11.3 Å². The molecule has 0 spiro atoms. The van der Waals surface area contributed by atoms with Crippen LogP contribution < -0.4 is 11.1 Å². The predicted octanol–water partition coefficient (Wildman–Crippen LogP) is 1.97. The Morgan fingerprint density at radius 1 is 1.47 bits per heavy atom. The monoisotopic (exact) mass is 247 g/mol. The van der Waals surface area contributed by atoms with Gasteiger partial charge in [-0.1, -0.05) is 23.5 Å². The van der Waals surface area contributed by atoms with E-state index in [1.807, 2.05) is 24.3 Å². The fourth-order valence-electron chi connectivity index (χ4n) is 1.83. The molecule has 1 aromatic carbocycles. The lowest BCUT2D eigenvalue weighted by Crippen LogP contribution is -2.30. The number of hydrogen-bond acceptors (Lipinski definition) is 4. The maximum Gasteiger partial charge on any atom is 0.233 e. The Labute approximate surface area is 103 Å². The molecule has 0 radical (unpaired) electrons. The van der Waals surface area contributed by atoms with Gasteiger partial charge in [-0.3, -0.25) is 4.79 Å². The number of thiazole rings is 1.